The van der Waals surface area contributed by atoms with E-state index in [1.54, 1.807) is 0 Å². The first-order valence-electron chi connectivity index (χ1n) is 5.42. The molecule has 0 aliphatic rings. The summed E-state index contributed by atoms with van der Waals surface area (Å²) in [5, 5.41) is 0.327. The van der Waals surface area contributed by atoms with Gasteiger partial charge in [-0.2, -0.15) is 0 Å². The van der Waals surface area contributed by atoms with Crippen LogP contribution in [0, 0.1) is 17.5 Å². The van der Waals surface area contributed by atoms with Crippen LogP contribution in [-0.4, -0.2) is 14.5 Å². The van der Waals surface area contributed by atoms with Crippen LogP contribution in [-0.2, 0) is 0 Å². The molecular formula is C12H6ClF3N4. The lowest BCUT2D eigenvalue weighted by Crippen LogP contribution is -2.05. The molecule has 4 nitrogen and oxygen atoms in total. The second-order valence-corrected chi connectivity index (χ2v) is 4.46. The topological polar surface area (TPSA) is 56.7 Å². The van der Waals surface area contributed by atoms with Crippen LogP contribution in [0.4, 0.5) is 19.1 Å². The minimum absolute atomic E-state index is 0.111. The summed E-state index contributed by atoms with van der Waals surface area (Å²) >= 11 is 5.77. The Balaban J connectivity index is 2.35. The standard InChI is InChI=1S/C12H6ClF3N4/c13-5-1-9-11(18-4-5)20(12(17)19-9)10-3-7(15)6(14)2-8(10)16/h1-4H,(H2,17,19). The van der Waals surface area contributed by atoms with Crippen molar-refractivity contribution in [3.05, 3.63) is 46.9 Å². The van der Waals surface area contributed by atoms with E-state index >= 15 is 0 Å². The Morgan fingerprint density at radius 2 is 1.75 bits per heavy atom. The molecule has 0 spiro atoms. The molecular weight excluding hydrogens is 293 g/mol. The zero-order valence-electron chi connectivity index (χ0n) is 9.74. The largest absolute Gasteiger partial charge is 0.369 e. The average Bonchev–Trinajstić information content (AvgIpc) is 2.69. The number of halogens is 4. The first-order valence-corrected chi connectivity index (χ1v) is 5.79. The van der Waals surface area contributed by atoms with Crippen LogP contribution in [0.2, 0.25) is 5.02 Å². The van der Waals surface area contributed by atoms with E-state index in [2.05, 4.69) is 9.97 Å². The molecule has 2 heterocycles. The van der Waals surface area contributed by atoms with Gasteiger partial charge in [-0.25, -0.2) is 23.1 Å². The number of fused-ring (bicyclic) bond motifs is 1. The van der Waals surface area contributed by atoms with Gasteiger partial charge >= 0.3 is 0 Å². The van der Waals surface area contributed by atoms with Gasteiger partial charge in [-0.3, -0.25) is 4.57 Å². The summed E-state index contributed by atoms with van der Waals surface area (Å²) in [4.78, 5) is 7.93. The van der Waals surface area contributed by atoms with Gasteiger partial charge in [0.15, 0.2) is 17.3 Å². The van der Waals surface area contributed by atoms with Crippen LogP contribution in [0.15, 0.2) is 24.4 Å². The monoisotopic (exact) mass is 298 g/mol. The highest BCUT2D eigenvalue weighted by Gasteiger charge is 2.17. The summed E-state index contributed by atoms with van der Waals surface area (Å²) in [7, 11) is 0. The third-order valence-electron chi connectivity index (χ3n) is 2.72. The van der Waals surface area contributed by atoms with Crippen molar-refractivity contribution in [1.82, 2.24) is 14.5 Å². The van der Waals surface area contributed by atoms with E-state index in [4.69, 9.17) is 17.3 Å². The summed E-state index contributed by atoms with van der Waals surface area (Å²) in [6, 6.07) is 2.61. The van der Waals surface area contributed by atoms with E-state index in [1.807, 2.05) is 0 Å². The van der Waals surface area contributed by atoms with E-state index in [0.29, 0.717) is 22.7 Å². The molecule has 0 aliphatic carbocycles. The van der Waals surface area contributed by atoms with Crippen LogP contribution in [0.25, 0.3) is 16.9 Å². The van der Waals surface area contributed by atoms with Crippen LogP contribution in [0.3, 0.4) is 0 Å². The van der Waals surface area contributed by atoms with Gasteiger partial charge in [-0.15, -0.1) is 0 Å². The molecule has 3 aromatic rings. The average molecular weight is 299 g/mol. The van der Waals surface area contributed by atoms with Crippen molar-refractivity contribution in [2.45, 2.75) is 0 Å². The number of hydrogen-bond acceptors (Lipinski definition) is 3. The van der Waals surface area contributed by atoms with Crippen LogP contribution >= 0.6 is 11.6 Å². The molecule has 0 unspecified atom stereocenters. The Bertz CT molecular complexity index is 831. The lowest BCUT2D eigenvalue weighted by atomic mass is 10.2. The molecule has 1 aromatic carbocycles. The Morgan fingerprint density at radius 3 is 2.50 bits per heavy atom. The fraction of sp³-hybridized carbons (Fsp3) is 0. The molecule has 0 bridgehead atoms. The minimum atomic E-state index is -1.29. The Labute approximate surface area is 115 Å². The smallest absolute Gasteiger partial charge is 0.207 e. The van der Waals surface area contributed by atoms with Crippen LogP contribution in [0.5, 0.6) is 0 Å². The normalized spacial score (nSPS) is 11.2. The summed E-state index contributed by atoms with van der Waals surface area (Å²) in [5.41, 5.74) is 5.91. The van der Waals surface area contributed by atoms with Crippen LogP contribution in [0.1, 0.15) is 0 Å². The predicted octanol–water partition coefficient (Wildman–Crippen LogP) is 3.07. The summed E-state index contributed by atoms with van der Waals surface area (Å²) in [5.74, 6) is -3.58. The van der Waals surface area contributed by atoms with E-state index in [1.165, 1.54) is 12.3 Å². The fourth-order valence-electron chi connectivity index (χ4n) is 1.88. The van der Waals surface area contributed by atoms with Gasteiger partial charge in [0.25, 0.3) is 0 Å². The number of aromatic nitrogens is 3. The molecule has 0 radical (unpaired) electrons. The SMILES string of the molecule is Nc1nc2cc(Cl)cnc2n1-c1cc(F)c(F)cc1F. The maximum absolute atomic E-state index is 13.8. The third-order valence-corrected chi connectivity index (χ3v) is 2.93. The lowest BCUT2D eigenvalue weighted by Gasteiger charge is -2.07. The Kier molecular flexibility index (Phi) is 2.79. The number of hydrogen-bond donors (Lipinski definition) is 1. The van der Waals surface area contributed by atoms with Gasteiger partial charge in [0.2, 0.25) is 5.95 Å². The number of nitrogen functional groups attached to an aromatic ring is 1. The number of imidazole rings is 1. The van der Waals surface area contributed by atoms with Crippen molar-refractivity contribution in [3.63, 3.8) is 0 Å². The summed E-state index contributed by atoms with van der Waals surface area (Å²) in [6.45, 7) is 0. The molecule has 2 N–H and O–H groups in total. The third kappa shape index (κ3) is 1.87. The van der Waals surface area contributed by atoms with Gasteiger partial charge in [0, 0.05) is 18.3 Å². The second-order valence-electron chi connectivity index (χ2n) is 4.02. The molecule has 0 saturated carbocycles. The molecule has 2 aromatic heterocycles. The molecule has 0 amide bonds. The van der Waals surface area contributed by atoms with E-state index in [9.17, 15) is 13.2 Å². The van der Waals surface area contributed by atoms with E-state index < -0.39 is 17.5 Å². The number of nitrogens with zero attached hydrogens (tertiary/aromatic N) is 3. The molecule has 0 fully saturated rings. The van der Waals surface area contributed by atoms with Gasteiger partial charge in [-0.05, 0) is 6.07 Å². The fourth-order valence-corrected chi connectivity index (χ4v) is 2.03. The molecule has 0 atom stereocenters. The molecule has 20 heavy (non-hydrogen) atoms. The predicted molar refractivity (Wildman–Crippen MR) is 68.2 cm³/mol. The summed E-state index contributed by atoms with van der Waals surface area (Å²) in [6.07, 6.45) is 1.32. The quantitative estimate of drug-likeness (QED) is 0.702. The summed E-state index contributed by atoms with van der Waals surface area (Å²) < 4.78 is 41.2. The first-order chi connectivity index (χ1) is 9.47. The van der Waals surface area contributed by atoms with Crippen LogP contribution < -0.4 is 5.73 Å². The highest BCUT2D eigenvalue weighted by Crippen LogP contribution is 2.26. The zero-order chi connectivity index (χ0) is 14.4. The molecule has 102 valence electrons. The van der Waals surface area contributed by atoms with Gasteiger partial charge in [0.1, 0.15) is 11.3 Å². The number of benzene rings is 1. The highest BCUT2D eigenvalue weighted by molar-refractivity contribution is 6.31. The van der Waals surface area contributed by atoms with Gasteiger partial charge < -0.3 is 5.73 Å². The highest BCUT2D eigenvalue weighted by atomic mass is 35.5. The van der Waals surface area contributed by atoms with Crippen molar-refractivity contribution in [2.75, 3.05) is 5.73 Å². The minimum Gasteiger partial charge on any atom is -0.369 e. The van der Waals surface area contributed by atoms with E-state index in [-0.39, 0.29) is 17.3 Å². The Hall–Kier alpha value is -2.28. The van der Waals surface area contributed by atoms with E-state index in [0.717, 1.165) is 4.57 Å². The molecule has 3 rings (SSSR count). The molecule has 8 heteroatoms. The number of rotatable bonds is 1. The maximum atomic E-state index is 13.8. The maximum Gasteiger partial charge on any atom is 0.207 e. The van der Waals surface area contributed by atoms with Crippen molar-refractivity contribution >= 4 is 28.7 Å². The van der Waals surface area contributed by atoms with Crippen molar-refractivity contribution in [2.24, 2.45) is 0 Å². The van der Waals surface area contributed by atoms with Crippen molar-refractivity contribution < 1.29 is 13.2 Å². The lowest BCUT2D eigenvalue weighted by molar-refractivity contribution is 0.493. The molecule has 0 saturated heterocycles. The number of anilines is 1. The molecule has 0 aliphatic heterocycles. The second kappa shape index (κ2) is 4.38. The first kappa shape index (κ1) is 12.7. The van der Waals surface area contributed by atoms with Crippen molar-refractivity contribution in [3.8, 4) is 5.69 Å². The Morgan fingerprint density at radius 1 is 1.05 bits per heavy atom. The van der Waals surface area contributed by atoms with Gasteiger partial charge in [-0.1, -0.05) is 11.6 Å². The number of nitrogens with two attached hydrogens (primary N) is 1. The zero-order valence-corrected chi connectivity index (χ0v) is 10.5. The van der Waals surface area contributed by atoms with Gasteiger partial charge in [0.05, 0.1) is 10.7 Å². The number of pyridine rings is 1. The van der Waals surface area contributed by atoms with Crippen molar-refractivity contribution in [1.29, 1.82) is 0 Å².